The molecule has 0 heterocycles. The normalized spacial score (nSPS) is 9.11. The molecular weight excluding hydrogens is 230 g/mol. The number of hydrazine groups is 1. The molecule has 0 radical (unpaired) electrons. The van der Waals surface area contributed by atoms with Crippen molar-refractivity contribution in [1.82, 2.24) is 4.90 Å². The van der Waals surface area contributed by atoms with Crippen molar-refractivity contribution in [2.24, 2.45) is 5.84 Å². The zero-order valence-electron chi connectivity index (χ0n) is 9.97. The molecule has 0 saturated heterocycles. The van der Waals surface area contributed by atoms with Gasteiger partial charge < -0.3 is 10.3 Å². The molecule has 0 aliphatic heterocycles. The van der Waals surface area contributed by atoms with Crippen LogP contribution in [0.25, 0.3) is 0 Å². The lowest BCUT2D eigenvalue weighted by Gasteiger charge is -2.16. The molecule has 1 aromatic rings. The molecule has 1 aromatic carbocycles. The number of nitrogens with one attached hydrogen (secondary N) is 1. The number of hydrogen-bond acceptors (Lipinski definition) is 5. The summed E-state index contributed by atoms with van der Waals surface area (Å²) < 4.78 is 0. The molecule has 6 nitrogen and oxygen atoms in total. The van der Waals surface area contributed by atoms with E-state index in [9.17, 15) is 4.79 Å². The van der Waals surface area contributed by atoms with Crippen molar-refractivity contribution in [3.8, 4) is 12.1 Å². The van der Waals surface area contributed by atoms with Gasteiger partial charge >= 0.3 is 0 Å². The molecular formula is C12H13N5O. The van der Waals surface area contributed by atoms with E-state index in [-0.39, 0.29) is 19.0 Å². The highest BCUT2D eigenvalue weighted by Gasteiger charge is 2.15. The third-order valence-corrected chi connectivity index (χ3v) is 2.44. The van der Waals surface area contributed by atoms with Crippen molar-refractivity contribution < 1.29 is 4.79 Å². The van der Waals surface area contributed by atoms with Gasteiger partial charge in [0.15, 0.2) is 0 Å². The zero-order chi connectivity index (χ0) is 13.5. The van der Waals surface area contributed by atoms with Crippen LogP contribution in [-0.4, -0.2) is 23.9 Å². The van der Waals surface area contributed by atoms with Gasteiger partial charge in [0.1, 0.15) is 13.1 Å². The van der Waals surface area contributed by atoms with Crippen LogP contribution in [0.4, 0.5) is 5.69 Å². The van der Waals surface area contributed by atoms with Crippen molar-refractivity contribution in [3.05, 3.63) is 29.3 Å². The number of amides is 1. The molecule has 0 bridgehead atoms. The molecule has 0 atom stereocenters. The average molecular weight is 243 g/mol. The Morgan fingerprint density at radius 3 is 2.44 bits per heavy atom. The fraction of sp³-hybridized carbons (Fsp3) is 0.250. The fourth-order valence-corrected chi connectivity index (χ4v) is 1.51. The highest BCUT2D eigenvalue weighted by molar-refractivity contribution is 5.95. The van der Waals surface area contributed by atoms with Gasteiger partial charge in [0.25, 0.3) is 5.91 Å². The summed E-state index contributed by atoms with van der Waals surface area (Å²) in [5.41, 5.74) is 4.48. The summed E-state index contributed by atoms with van der Waals surface area (Å²) >= 11 is 0. The summed E-state index contributed by atoms with van der Waals surface area (Å²) in [6, 6.07) is 8.67. The maximum atomic E-state index is 12.0. The number of aryl methyl sites for hydroxylation is 1. The van der Waals surface area contributed by atoms with Gasteiger partial charge in [-0.25, -0.2) is 0 Å². The summed E-state index contributed by atoms with van der Waals surface area (Å²) in [4.78, 5) is 13.2. The van der Waals surface area contributed by atoms with E-state index in [1.54, 1.807) is 18.2 Å². The Balaban J connectivity index is 2.99. The van der Waals surface area contributed by atoms with Crippen LogP contribution in [0.1, 0.15) is 15.9 Å². The van der Waals surface area contributed by atoms with Crippen LogP contribution < -0.4 is 11.3 Å². The SMILES string of the molecule is Cc1cc(C(=O)N(CC#N)CC#N)ccc1NN. The van der Waals surface area contributed by atoms with E-state index < -0.39 is 0 Å². The number of nitriles is 2. The van der Waals surface area contributed by atoms with Crippen LogP contribution in [0.15, 0.2) is 18.2 Å². The van der Waals surface area contributed by atoms with E-state index in [2.05, 4.69) is 5.43 Å². The van der Waals surface area contributed by atoms with E-state index in [1.165, 1.54) is 4.90 Å². The lowest BCUT2D eigenvalue weighted by molar-refractivity contribution is 0.0794. The Morgan fingerprint density at radius 1 is 1.39 bits per heavy atom. The topological polar surface area (TPSA) is 106 Å². The first kappa shape index (κ1) is 13.5. The van der Waals surface area contributed by atoms with Crippen molar-refractivity contribution in [2.45, 2.75) is 6.92 Å². The van der Waals surface area contributed by atoms with Gasteiger partial charge in [-0.05, 0) is 30.7 Å². The van der Waals surface area contributed by atoms with Gasteiger partial charge in [0.2, 0.25) is 0 Å². The third kappa shape index (κ3) is 2.97. The first-order valence-electron chi connectivity index (χ1n) is 5.24. The second-order valence-electron chi connectivity index (χ2n) is 3.65. The Labute approximate surface area is 105 Å². The summed E-state index contributed by atoms with van der Waals surface area (Å²) in [7, 11) is 0. The highest BCUT2D eigenvalue weighted by Crippen LogP contribution is 2.16. The Bertz CT molecular complexity index is 510. The number of hydrogen-bond donors (Lipinski definition) is 2. The van der Waals surface area contributed by atoms with Gasteiger partial charge in [0.05, 0.1) is 17.8 Å². The highest BCUT2D eigenvalue weighted by atomic mass is 16.2. The summed E-state index contributed by atoms with van der Waals surface area (Å²) in [6.07, 6.45) is 0. The zero-order valence-corrected chi connectivity index (χ0v) is 9.97. The molecule has 0 unspecified atom stereocenters. The van der Waals surface area contributed by atoms with Crippen LogP contribution in [0, 0.1) is 29.6 Å². The van der Waals surface area contributed by atoms with Crippen LogP contribution >= 0.6 is 0 Å². The first-order chi connectivity index (χ1) is 8.63. The Morgan fingerprint density at radius 2 is 2.00 bits per heavy atom. The fourth-order valence-electron chi connectivity index (χ4n) is 1.51. The van der Waals surface area contributed by atoms with Gasteiger partial charge in [-0.1, -0.05) is 0 Å². The van der Waals surface area contributed by atoms with Crippen molar-refractivity contribution in [1.29, 1.82) is 10.5 Å². The van der Waals surface area contributed by atoms with E-state index in [4.69, 9.17) is 16.4 Å². The molecule has 1 rings (SSSR count). The van der Waals surface area contributed by atoms with E-state index in [1.807, 2.05) is 19.1 Å². The Hall–Kier alpha value is -2.57. The maximum Gasteiger partial charge on any atom is 0.255 e. The van der Waals surface area contributed by atoms with Gasteiger partial charge in [-0.3, -0.25) is 10.6 Å². The minimum Gasteiger partial charge on any atom is -0.324 e. The van der Waals surface area contributed by atoms with Crippen molar-refractivity contribution >= 4 is 11.6 Å². The summed E-state index contributed by atoms with van der Waals surface area (Å²) in [6.45, 7) is 1.59. The van der Waals surface area contributed by atoms with Crippen LogP contribution in [0.5, 0.6) is 0 Å². The summed E-state index contributed by atoms with van der Waals surface area (Å²) in [5, 5.41) is 17.2. The van der Waals surface area contributed by atoms with Crippen LogP contribution in [0.3, 0.4) is 0 Å². The standard InChI is InChI=1S/C12H13N5O/c1-9-8-10(2-3-11(9)16-15)12(18)17(6-4-13)7-5-14/h2-3,8,16H,6-7,15H2,1H3. The minimum atomic E-state index is -0.343. The second kappa shape index (κ2) is 6.24. The van der Waals surface area contributed by atoms with Gasteiger partial charge in [0, 0.05) is 5.56 Å². The monoisotopic (exact) mass is 243 g/mol. The van der Waals surface area contributed by atoms with Crippen molar-refractivity contribution in [2.75, 3.05) is 18.5 Å². The molecule has 92 valence electrons. The number of anilines is 1. The van der Waals surface area contributed by atoms with Crippen LogP contribution in [-0.2, 0) is 0 Å². The quantitative estimate of drug-likeness (QED) is 0.461. The number of carbonyl (C=O) groups is 1. The van der Waals surface area contributed by atoms with E-state index in [0.717, 1.165) is 11.3 Å². The predicted octanol–water partition coefficient (Wildman–Crippen LogP) is 0.770. The molecule has 1 amide bonds. The molecule has 0 fully saturated rings. The lowest BCUT2D eigenvalue weighted by Crippen LogP contribution is -2.31. The van der Waals surface area contributed by atoms with Gasteiger partial charge in [-0.2, -0.15) is 10.5 Å². The molecule has 0 aromatic heterocycles. The lowest BCUT2D eigenvalue weighted by atomic mass is 10.1. The van der Waals surface area contributed by atoms with Crippen molar-refractivity contribution in [3.63, 3.8) is 0 Å². The van der Waals surface area contributed by atoms with Crippen LogP contribution in [0.2, 0.25) is 0 Å². The molecule has 0 aliphatic rings. The van der Waals surface area contributed by atoms with E-state index in [0.29, 0.717) is 5.56 Å². The molecule has 18 heavy (non-hydrogen) atoms. The summed E-state index contributed by atoms with van der Waals surface area (Å²) in [5.74, 6) is 4.96. The first-order valence-corrected chi connectivity index (χ1v) is 5.24. The minimum absolute atomic E-state index is 0.109. The van der Waals surface area contributed by atoms with E-state index >= 15 is 0 Å². The molecule has 0 aliphatic carbocycles. The number of nitrogens with zero attached hydrogens (tertiary/aromatic N) is 3. The number of rotatable bonds is 4. The second-order valence-corrected chi connectivity index (χ2v) is 3.65. The third-order valence-electron chi connectivity index (χ3n) is 2.44. The predicted molar refractivity (Wildman–Crippen MR) is 66.1 cm³/mol. The number of nitrogens with two attached hydrogens (primary N) is 1. The maximum absolute atomic E-state index is 12.0. The largest absolute Gasteiger partial charge is 0.324 e. The number of carbonyl (C=O) groups excluding carboxylic acids is 1. The number of nitrogen functional groups attached to an aromatic ring is 1. The molecule has 0 spiro atoms. The number of benzene rings is 1. The van der Waals surface area contributed by atoms with Gasteiger partial charge in [-0.15, -0.1) is 0 Å². The smallest absolute Gasteiger partial charge is 0.255 e. The Kier molecular flexibility index (Phi) is 4.67. The molecule has 0 saturated carbocycles. The molecule has 3 N–H and O–H groups in total. The average Bonchev–Trinajstić information content (AvgIpc) is 2.37. The molecule has 6 heteroatoms.